The Labute approximate surface area is 215 Å². The molecule has 1 unspecified atom stereocenters. The Balaban J connectivity index is 1.93. The number of nitrogens with zero attached hydrogens (tertiary/aromatic N) is 1. The van der Waals surface area contributed by atoms with E-state index >= 15 is 0 Å². The number of alkyl halides is 1. The fraction of sp³-hybridized carbons (Fsp3) is 0.231. The summed E-state index contributed by atoms with van der Waals surface area (Å²) in [6.07, 6.45) is 0. The van der Waals surface area contributed by atoms with Crippen LogP contribution in [0.2, 0.25) is 0 Å². The van der Waals surface area contributed by atoms with Gasteiger partial charge in [0.05, 0.1) is 28.4 Å². The van der Waals surface area contributed by atoms with Crippen molar-refractivity contribution in [3.63, 3.8) is 0 Å². The molecule has 0 amide bonds. The number of hydrogen-bond donors (Lipinski definition) is 0. The number of rotatable bonds is 7. The number of methoxy groups -OCH3 is 1. The summed E-state index contributed by atoms with van der Waals surface area (Å²) in [4.78, 5) is 0.392. The first-order chi connectivity index (χ1) is 16.7. The molecule has 0 saturated heterocycles. The lowest BCUT2D eigenvalue weighted by Crippen LogP contribution is -2.43. The summed E-state index contributed by atoms with van der Waals surface area (Å²) in [5.41, 5.74) is 1.95. The summed E-state index contributed by atoms with van der Waals surface area (Å²) in [6, 6.07) is 22.1. The number of halogens is 1. The van der Waals surface area contributed by atoms with Crippen molar-refractivity contribution in [2.24, 2.45) is 5.92 Å². The van der Waals surface area contributed by atoms with Gasteiger partial charge in [-0.05, 0) is 54.0 Å². The lowest BCUT2D eigenvalue weighted by Gasteiger charge is -2.35. The first-order valence-electron chi connectivity index (χ1n) is 11.0. The van der Waals surface area contributed by atoms with E-state index in [-0.39, 0.29) is 33.7 Å². The van der Waals surface area contributed by atoms with Crippen LogP contribution in [-0.2, 0) is 19.9 Å². The van der Waals surface area contributed by atoms with Crippen molar-refractivity contribution in [2.45, 2.75) is 16.7 Å². The number of ether oxygens (including phenoxy) is 1. The molecule has 184 valence electrons. The third kappa shape index (κ3) is 4.95. The minimum atomic E-state index is -3.98. The van der Waals surface area contributed by atoms with Gasteiger partial charge in [-0.2, -0.15) is 4.31 Å². The summed E-state index contributed by atoms with van der Waals surface area (Å²) in [6.45, 7) is 1.63. The van der Waals surface area contributed by atoms with Crippen LogP contribution in [0.15, 0.2) is 93.6 Å². The normalized spacial score (nSPS) is 17.4. The van der Waals surface area contributed by atoms with Gasteiger partial charge in [0.1, 0.15) is 5.75 Å². The average molecular weight is 577 g/mol. The van der Waals surface area contributed by atoms with Gasteiger partial charge in [0, 0.05) is 17.8 Å². The molecule has 3 aromatic rings. The highest BCUT2D eigenvalue weighted by molar-refractivity contribution is 9.09. The summed E-state index contributed by atoms with van der Waals surface area (Å²) >= 11 is 3.52. The van der Waals surface area contributed by atoms with Gasteiger partial charge in [0.2, 0.25) is 19.9 Å². The SMILES string of the molecule is COc1ccc(C2=C(S(=O)(=O)c3ccccc3)CN(S(=O)(=O)c3ccccc3C)CC2CBr)cc1. The largest absolute Gasteiger partial charge is 0.497 e. The molecule has 0 aromatic heterocycles. The summed E-state index contributed by atoms with van der Waals surface area (Å²) < 4.78 is 61.7. The fourth-order valence-corrected chi connectivity index (χ4v) is 8.30. The number of sulfone groups is 1. The molecule has 1 aliphatic heterocycles. The first-order valence-corrected chi connectivity index (χ1v) is 15.0. The molecular formula is C26H26BrNO5S2. The van der Waals surface area contributed by atoms with Gasteiger partial charge in [-0.25, -0.2) is 16.8 Å². The second-order valence-corrected chi connectivity index (χ2v) is 12.8. The smallest absolute Gasteiger partial charge is 0.243 e. The lowest BCUT2D eigenvalue weighted by molar-refractivity contribution is 0.399. The fourth-order valence-electron chi connectivity index (χ4n) is 4.31. The van der Waals surface area contributed by atoms with E-state index in [1.54, 1.807) is 68.6 Å². The van der Waals surface area contributed by atoms with Crippen LogP contribution >= 0.6 is 15.9 Å². The van der Waals surface area contributed by atoms with Crippen molar-refractivity contribution < 1.29 is 21.6 Å². The van der Waals surface area contributed by atoms with Crippen molar-refractivity contribution in [1.29, 1.82) is 0 Å². The third-order valence-corrected chi connectivity index (χ3v) is 10.8. The van der Waals surface area contributed by atoms with E-state index in [1.807, 2.05) is 12.1 Å². The molecule has 0 N–H and O–H groups in total. The van der Waals surface area contributed by atoms with Crippen LogP contribution in [0, 0.1) is 12.8 Å². The van der Waals surface area contributed by atoms with Gasteiger partial charge in [0.15, 0.2) is 0 Å². The maximum absolute atomic E-state index is 13.9. The number of benzene rings is 3. The molecule has 3 aromatic carbocycles. The summed E-state index contributed by atoms with van der Waals surface area (Å²) in [5.74, 6) is 0.265. The first kappa shape index (κ1) is 25.6. The Bertz CT molecular complexity index is 1450. The zero-order chi connectivity index (χ0) is 25.2. The molecule has 1 atom stereocenters. The van der Waals surface area contributed by atoms with Crippen LogP contribution in [0.5, 0.6) is 5.75 Å². The maximum Gasteiger partial charge on any atom is 0.243 e. The van der Waals surface area contributed by atoms with Gasteiger partial charge in [-0.1, -0.05) is 64.5 Å². The number of sulfonamides is 1. The molecule has 1 heterocycles. The zero-order valence-electron chi connectivity index (χ0n) is 19.4. The Kier molecular flexibility index (Phi) is 7.51. The van der Waals surface area contributed by atoms with E-state index < -0.39 is 19.9 Å². The molecule has 0 saturated carbocycles. The van der Waals surface area contributed by atoms with E-state index in [4.69, 9.17) is 4.74 Å². The standard InChI is InChI=1S/C26H26BrNO5S2/c1-19-8-6-7-11-24(19)35(31,32)28-17-21(16-27)26(20-12-14-22(33-2)15-13-20)25(18-28)34(29,30)23-9-4-3-5-10-23/h3-15,21H,16-18H2,1-2H3. The second-order valence-electron chi connectivity index (χ2n) is 8.30. The third-order valence-electron chi connectivity index (χ3n) is 6.13. The number of aryl methyl sites for hydroxylation is 1. The van der Waals surface area contributed by atoms with E-state index in [0.717, 1.165) is 5.56 Å². The van der Waals surface area contributed by atoms with E-state index in [9.17, 15) is 16.8 Å². The Hall–Kier alpha value is -2.46. The molecule has 0 fully saturated rings. The van der Waals surface area contributed by atoms with E-state index in [1.165, 1.54) is 16.4 Å². The monoisotopic (exact) mass is 575 g/mol. The van der Waals surface area contributed by atoms with E-state index in [2.05, 4.69) is 15.9 Å². The van der Waals surface area contributed by atoms with Crippen LogP contribution in [0.1, 0.15) is 11.1 Å². The highest BCUT2D eigenvalue weighted by Crippen LogP contribution is 2.40. The average Bonchev–Trinajstić information content (AvgIpc) is 2.88. The van der Waals surface area contributed by atoms with Gasteiger partial charge in [-0.3, -0.25) is 0 Å². The molecule has 1 aliphatic rings. The topological polar surface area (TPSA) is 80.8 Å². The van der Waals surface area contributed by atoms with Gasteiger partial charge >= 0.3 is 0 Å². The molecule has 0 radical (unpaired) electrons. The predicted molar refractivity (Wildman–Crippen MR) is 141 cm³/mol. The van der Waals surface area contributed by atoms with Gasteiger partial charge in [-0.15, -0.1) is 0 Å². The highest BCUT2D eigenvalue weighted by Gasteiger charge is 2.40. The van der Waals surface area contributed by atoms with Crippen molar-refractivity contribution in [3.05, 3.63) is 94.9 Å². The van der Waals surface area contributed by atoms with Crippen molar-refractivity contribution in [3.8, 4) is 5.75 Å². The quantitative estimate of drug-likeness (QED) is 0.374. The Morgan fingerprint density at radius 3 is 2.14 bits per heavy atom. The van der Waals surface area contributed by atoms with Crippen molar-refractivity contribution in [2.75, 3.05) is 25.5 Å². The molecule has 0 spiro atoms. The van der Waals surface area contributed by atoms with Crippen molar-refractivity contribution in [1.82, 2.24) is 4.31 Å². The molecule has 0 aliphatic carbocycles. The summed E-state index contributed by atoms with van der Waals surface area (Å²) in [7, 11) is -6.35. The van der Waals surface area contributed by atoms with Crippen LogP contribution in [0.4, 0.5) is 0 Å². The Morgan fingerprint density at radius 2 is 1.54 bits per heavy atom. The van der Waals surface area contributed by atoms with E-state index in [0.29, 0.717) is 22.2 Å². The van der Waals surface area contributed by atoms with Crippen LogP contribution in [0.25, 0.3) is 5.57 Å². The molecule has 4 rings (SSSR count). The highest BCUT2D eigenvalue weighted by atomic mass is 79.9. The molecule has 35 heavy (non-hydrogen) atoms. The minimum Gasteiger partial charge on any atom is -0.497 e. The van der Waals surface area contributed by atoms with Crippen LogP contribution in [-0.4, -0.2) is 46.7 Å². The van der Waals surface area contributed by atoms with Crippen molar-refractivity contribution >= 4 is 41.4 Å². The maximum atomic E-state index is 13.9. The molecular weight excluding hydrogens is 550 g/mol. The van der Waals surface area contributed by atoms with Crippen LogP contribution in [0.3, 0.4) is 0 Å². The molecule has 0 bridgehead atoms. The van der Waals surface area contributed by atoms with Crippen LogP contribution < -0.4 is 4.74 Å². The summed E-state index contributed by atoms with van der Waals surface area (Å²) in [5, 5.41) is 0.391. The van der Waals surface area contributed by atoms with Gasteiger partial charge in [0.25, 0.3) is 0 Å². The zero-order valence-corrected chi connectivity index (χ0v) is 22.6. The lowest BCUT2D eigenvalue weighted by atomic mass is 9.91. The molecule has 6 nitrogen and oxygen atoms in total. The Morgan fingerprint density at radius 1 is 0.914 bits per heavy atom. The molecule has 9 heteroatoms. The second kappa shape index (κ2) is 10.3. The van der Waals surface area contributed by atoms with Gasteiger partial charge < -0.3 is 4.74 Å². The minimum absolute atomic E-state index is 0.0849. The number of hydrogen-bond acceptors (Lipinski definition) is 5. The predicted octanol–water partition coefficient (Wildman–Crippen LogP) is 4.90.